The van der Waals surface area contributed by atoms with Gasteiger partial charge in [0.25, 0.3) is 11.8 Å². The third kappa shape index (κ3) is 14.0. The molecule has 7 amide bonds. The highest BCUT2D eigenvalue weighted by atomic mass is 32.1. The van der Waals surface area contributed by atoms with Crippen molar-refractivity contribution in [3.8, 4) is 0 Å². The maximum Gasteiger partial charge on any atom is 0.264 e. The van der Waals surface area contributed by atoms with Gasteiger partial charge in [-0.25, -0.2) is 0 Å². The number of carbonyl (C=O) groups is 8. The largest absolute Gasteiger partial charge is 0.347 e. The van der Waals surface area contributed by atoms with Crippen LogP contribution in [0.5, 0.6) is 0 Å². The van der Waals surface area contributed by atoms with E-state index in [1.54, 1.807) is 26.2 Å². The lowest BCUT2D eigenvalue weighted by Crippen LogP contribution is -2.66. The molecule has 0 spiro atoms. The lowest BCUT2D eigenvalue weighted by molar-refractivity contribution is -0.148. The summed E-state index contributed by atoms with van der Waals surface area (Å²) in [5, 5.41) is 17.7. The summed E-state index contributed by atoms with van der Waals surface area (Å²) < 4.78 is 0. The summed E-state index contributed by atoms with van der Waals surface area (Å²) in [5.41, 5.74) is 3.84. The van der Waals surface area contributed by atoms with Crippen LogP contribution in [0.15, 0.2) is 60.7 Å². The van der Waals surface area contributed by atoms with Crippen LogP contribution in [0.3, 0.4) is 0 Å². The zero-order valence-corrected chi connectivity index (χ0v) is 45.5. The molecule has 6 unspecified atom stereocenters. The Morgan fingerprint density at radius 1 is 0.622 bits per heavy atom. The van der Waals surface area contributed by atoms with Crippen molar-refractivity contribution >= 4 is 59.0 Å². The van der Waals surface area contributed by atoms with Crippen molar-refractivity contribution in [1.82, 2.24) is 51.5 Å². The number of piperazine rings is 2. The molecule has 6 atom stereocenters. The van der Waals surface area contributed by atoms with Crippen molar-refractivity contribution in [1.29, 1.82) is 0 Å². The number of hydrogen-bond acceptors (Lipinski definition) is 12. The summed E-state index contributed by atoms with van der Waals surface area (Å²) in [7, 11) is 5.30. The summed E-state index contributed by atoms with van der Waals surface area (Å²) in [6, 6.07) is 16.2. The molecule has 2 saturated heterocycles. The average molecular weight is 1040 g/mol. The number of rotatable bonds is 14. The topological polar surface area (TPSA) is 222 Å². The number of aldehydes is 1. The molecule has 6 N–H and O–H groups in total. The Balaban J connectivity index is 0.000000644. The Morgan fingerprint density at radius 3 is 1.57 bits per heavy atom. The SMILES string of the molecule is CNC1CCCc2ccccc21.CNCC(=O)NC(C(=O)N1CCN(C(=O)c2ccc(C(=O)N3CCN(C(=O)C(NC(=O)CNC)C(C)(C)C)C(C(=O)NC4CCCc5ccccc54)C3)s2)CC1C=O)C(C)(C)C. The first-order chi connectivity index (χ1) is 35.2. The summed E-state index contributed by atoms with van der Waals surface area (Å²) in [4.78, 5) is 115. The minimum absolute atomic E-state index is 0.00218. The molecule has 2 fully saturated rings. The number of likely N-dealkylation sites (N-methyl/N-ethyl adjacent to an activating group) is 2. The zero-order valence-electron chi connectivity index (χ0n) is 44.7. The van der Waals surface area contributed by atoms with Gasteiger partial charge in [-0.1, -0.05) is 90.1 Å². The predicted molar refractivity (Wildman–Crippen MR) is 285 cm³/mol. The van der Waals surface area contributed by atoms with Crippen molar-refractivity contribution < 1.29 is 38.4 Å². The summed E-state index contributed by atoms with van der Waals surface area (Å²) in [6.07, 6.45) is 6.98. The van der Waals surface area contributed by atoms with Gasteiger partial charge >= 0.3 is 0 Å². The fraction of sp³-hybridized carbons (Fsp3) is 0.564. The van der Waals surface area contributed by atoms with Crippen LogP contribution < -0.4 is 31.9 Å². The van der Waals surface area contributed by atoms with Crippen LogP contribution in [-0.4, -0.2) is 165 Å². The second-order valence-electron chi connectivity index (χ2n) is 21.8. The van der Waals surface area contributed by atoms with Crippen LogP contribution in [0.2, 0.25) is 0 Å². The lowest BCUT2D eigenvalue weighted by atomic mass is 9.85. The fourth-order valence-electron chi connectivity index (χ4n) is 10.3. The molecule has 19 heteroatoms. The van der Waals surface area contributed by atoms with Crippen LogP contribution in [-0.2, 0) is 41.6 Å². The molecular formula is C55H78N10O8S. The van der Waals surface area contributed by atoms with Gasteiger partial charge in [-0.15, -0.1) is 11.3 Å². The molecule has 18 nitrogen and oxygen atoms in total. The maximum atomic E-state index is 14.4. The van der Waals surface area contributed by atoms with Gasteiger partial charge < -0.3 is 56.3 Å². The van der Waals surface area contributed by atoms with Crippen LogP contribution in [0.1, 0.15) is 121 Å². The fourth-order valence-corrected chi connectivity index (χ4v) is 11.3. The van der Waals surface area contributed by atoms with Crippen molar-refractivity contribution in [2.24, 2.45) is 10.8 Å². The van der Waals surface area contributed by atoms with E-state index in [4.69, 9.17) is 0 Å². The van der Waals surface area contributed by atoms with Crippen LogP contribution in [0, 0.1) is 10.8 Å². The smallest absolute Gasteiger partial charge is 0.264 e. The first-order valence-corrected chi connectivity index (χ1v) is 26.8. The number of benzene rings is 2. The number of nitrogens with zero attached hydrogens (tertiary/aromatic N) is 4. The number of carbonyl (C=O) groups excluding carboxylic acids is 8. The average Bonchev–Trinajstić information content (AvgIpc) is 3.88. The van der Waals surface area contributed by atoms with Crippen LogP contribution in [0.25, 0.3) is 0 Å². The van der Waals surface area contributed by atoms with Gasteiger partial charge in [0.05, 0.1) is 35.4 Å². The molecule has 402 valence electrons. The normalized spacial score (nSPS) is 20.6. The number of nitrogens with one attached hydrogen (secondary N) is 6. The minimum atomic E-state index is -1.07. The molecule has 1 aromatic heterocycles. The quantitative estimate of drug-likeness (QED) is 0.129. The second kappa shape index (κ2) is 25.5. The number of amides is 7. The van der Waals surface area contributed by atoms with Gasteiger partial charge in [0, 0.05) is 38.8 Å². The van der Waals surface area contributed by atoms with E-state index in [0.29, 0.717) is 18.7 Å². The Labute approximate surface area is 440 Å². The third-order valence-corrected chi connectivity index (χ3v) is 15.4. The Bertz CT molecular complexity index is 2500. The van der Waals surface area contributed by atoms with Crippen molar-refractivity contribution in [2.75, 3.05) is 73.5 Å². The van der Waals surface area contributed by atoms with E-state index in [-0.39, 0.29) is 80.0 Å². The molecule has 74 heavy (non-hydrogen) atoms. The summed E-state index contributed by atoms with van der Waals surface area (Å²) in [6.45, 7) is 11.1. The summed E-state index contributed by atoms with van der Waals surface area (Å²) >= 11 is 0.990. The Hall–Kier alpha value is -6.02. The number of hydrogen-bond donors (Lipinski definition) is 6. The molecule has 3 heterocycles. The van der Waals surface area contributed by atoms with Crippen LogP contribution in [0.4, 0.5) is 0 Å². The number of thiophene rings is 1. The van der Waals surface area contributed by atoms with E-state index < -0.39 is 64.5 Å². The van der Waals surface area contributed by atoms with Gasteiger partial charge in [-0.05, 0) is 105 Å². The van der Waals surface area contributed by atoms with Crippen molar-refractivity contribution in [2.45, 2.75) is 116 Å². The molecule has 7 rings (SSSR count). The standard InChI is InChI=1S/C44H63N9O8S.C11H15N/c1-43(2,3)36(48-34(55)22-45-7)41(60)52-20-18-50(24-28(52)26-54)39(58)32-16-17-33(62-32)40(59)51-19-21-53(42(61)37(44(4,5)6)49-35(56)23-46-8)31(25-51)38(57)47-30-15-11-13-27-12-9-10-14-29(27)30;1-12-11-8-4-6-9-5-2-3-7-10(9)11/h9-10,12,14,16-17,26,28,30-31,36-37,45-46H,11,13,15,18-25H2,1-8H3,(H,47,57)(H,48,55)(H,49,56);2-3,5,7,11-12H,4,6,8H2,1H3. The first-order valence-electron chi connectivity index (χ1n) is 26.0. The zero-order chi connectivity index (χ0) is 53.9. The number of aryl methyl sites for hydroxylation is 2. The van der Waals surface area contributed by atoms with Gasteiger partial charge in [-0.2, -0.15) is 0 Å². The van der Waals surface area contributed by atoms with Gasteiger partial charge in [0.1, 0.15) is 30.5 Å². The molecule has 2 aliphatic heterocycles. The maximum absolute atomic E-state index is 14.4. The van der Waals surface area contributed by atoms with E-state index in [2.05, 4.69) is 56.2 Å². The van der Waals surface area contributed by atoms with E-state index in [1.165, 1.54) is 50.0 Å². The predicted octanol–water partition coefficient (Wildman–Crippen LogP) is 3.23. The molecule has 2 aliphatic carbocycles. The van der Waals surface area contributed by atoms with Gasteiger partial charge in [0.15, 0.2) is 0 Å². The van der Waals surface area contributed by atoms with E-state index >= 15 is 0 Å². The molecule has 2 aromatic carbocycles. The molecular weight excluding hydrogens is 961 g/mol. The van der Waals surface area contributed by atoms with E-state index in [1.807, 2.05) is 72.9 Å². The molecule has 4 aliphatic rings. The second-order valence-corrected chi connectivity index (χ2v) is 22.9. The third-order valence-electron chi connectivity index (χ3n) is 14.3. The lowest BCUT2D eigenvalue weighted by Gasteiger charge is -2.44. The van der Waals surface area contributed by atoms with Crippen LogP contribution >= 0.6 is 11.3 Å². The van der Waals surface area contributed by atoms with E-state index in [0.717, 1.165) is 35.3 Å². The number of fused-ring (bicyclic) bond motifs is 2. The Morgan fingerprint density at radius 2 is 1.08 bits per heavy atom. The molecule has 3 aromatic rings. The highest BCUT2D eigenvalue weighted by Gasteiger charge is 2.45. The monoisotopic (exact) mass is 1040 g/mol. The Kier molecular flexibility index (Phi) is 19.7. The highest BCUT2D eigenvalue weighted by molar-refractivity contribution is 7.15. The van der Waals surface area contributed by atoms with Crippen molar-refractivity contribution in [3.05, 3.63) is 92.7 Å². The van der Waals surface area contributed by atoms with Gasteiger partial charge in [0.2, 0.25) is 29.5 Å². The van der Waals surface area contributed by atoms with E-state index in [9.17, 15) is 38.4 Å². The molecule has 0 radical (unpaired) electrons. The minimum Gasteiger partial charge on any atom is -0.347 e. The first kappa shape index (κ1) is 57.3. The summed E-state index contributed by atoms with van der Waals surface area (Å²) in [5.74, 6) is -2.80. The molecule has 0 saturated carbocycles. The molecule has 0 bridgehead atoms. The van der Waals surface area contributed by atoms with Crippen molar-refractivity contribution in [3.63, 3.8) is 0 Å². The highest BCUT2D eigenvalue weighted by Crippen LogP contribution is 2.32. The van der Waals surface area contributed by atoms with Gasteiger partial charge in [-0.3, -0.25) is 33.6 Å².